The molecule has 1 aliphatic rings. The highest BCUT2D eigenvalue weighted by molar-refractivity contribution is 7.07. The lowest BCUT2D eigenvalue weighted by Crippen LogP contribution is -2.29. The van der Waals surface area contributed by atoms with Gasteiger partial charge in [0, 0.05) is 6.54 Å². The first-order valence-electron chi connectivity index (χ1n) is 5.15. The quantitative estimate of drug-likeness (QED) is 0.697. The minimum Gasteiger partial charge on any atom is -0.282 e. The van der Waals surface area contributed by atoms with Gasteiger partial charge in [-0.25, -0.2) is 0 Å². The Morgan fingerprint density at radius 1 is 1.31 bits per heavy atom. The molecule has 0 amide bonds. The average molecular weight is 230 g/mol. The molecule has 0 fully saturated rings. The van der Waals surface area contributed by atoms with E-state index in [1.54, 1.807) is 4.57 Å². The van der Waals surface area contributed by atoms with Gasteiger partial charge in [-0.2, -0.15) is 0 Å². The zero-order valence-corrected chi connectivity index (χ0v) is 9.41. The molecule has 0 unspecified atom stereocenters. The zero-order valence-electron chi connectivity index (χ0n) is 8.59. The van der Waals surface area contributed by atoms with E-state index in [9.17, 15) is 4.79 Å². The summed E-state index contributed by atoms with van der Waals surface area (Å²) in [4.78, 5) is 17.1. The molecule has 1 aromatic heterocycles. The van der Waals surface area contributed by atoms with Gasteiger partial charge in [-0.1, -0.05) is 41.7 Å². The van der Waals surface area contributed by atoms with Gasteiger partial charge in [-0.15, -0.1) is 0 Å². The third-order valence-corrected chi connectivity index (χ3v) is 3.60. The summed E-state index contributed by atoms with van der Waals surface area (Å²) in [5, 5.41) is 0. The van der Waals surface area contributed by atoms with Gasteiger partial charge < -0.3 is 0 Å². The van der Waals surface area contributed by atoms with Crippen LogP contribution in [0.3, 0.4) is 0 Å². The molecule has 0 saturated carbocycles. The zero-order chi connectivity index (χ0) is 11.0. The van der Waals surface area contributed by atoms with E-state index in [2.05, 4.69) is 4.99 Å². The fourth-order valence-corrected chi connectivity index (χ4v) is 2.80. The second kappa shape index (κ2) is 3.72. The molecule has 3 nitrogen and oxygen atoms in total. The Bertz CT molecular complexity index is 682. The molecule has 80 valence electrons. The van der Waals surface area contributed by atoms with Crippen molar-refractivity contribution in [3.05, 3.63) is 55.6 Å². The van der Waals surface area contributed by atoms with E-state index in [0.717, 1.165) is 28.0 Å². The van der Waals surface area contributed by atoms with Gasteiger partial charge in [0.2, 0.25) is 0 Å². The van der Waals surface area contributed by atoms with Crippen molar-refractivity contribution in [1.82, 2.24) is 4.57 Å². The first-order chi connectivity index (χ1) is 7.84. The van der Waals surface area contributed by atoms with E-state index in [-0.39, 0.29) is 5.56 Å². The molecule has 0 bridgehead atoms. The second-order valence-corrected chi connectivity index (χ2v) is 4.65. The normalized spacial score (nSPS) is 14.9. The number of fused-ring (bicyclic) bond motifs is 1. The molecule has 1 aliphatic heterocycles. The third kappa shape index (κ3) is 1.51. The molecule has 4 heteroatoms. The van der Waals surface area contributed by atoms with Crippen LogP contribution in [0.15, 0.2) is 40.1 Å². The van der Waals surface area contributed by atoms with Gasteiger partial charge in [-0.3, -0.25) is 14.4 Å². The van der Waals surface area contributed by atoms with Gasteiger partial charge in [-0.05, 0) is 11.6 Å². The van der Waals surface area contributed by atoms with E-state index in [0.29, 0.717) is 0 Å². The number of rotatable bonds is 1. The Balaban J connectivity index is 2.22. The molecular weight excluding hydrogens is 220 g/mol. The number of hydrogen-bond donors (Lipinski definition) is 0. The van der Waals surface area contributed by atoms with Gasteiger partial charge in [0.1, 0.15) is 0 Å². The third-order valence-electron chi connectivity index (χ3n) is 2.56. The van der Waals surface area contributed by atoms with E-state index in [1.165, 1.54) is 11.3 Å². The predicted molar refractivity (Wildman–Crippen MR) is 64.2 cm³/mol. The monoisotopic (exact) mass is 230 g/mol. The molecule has 16 heavy (non-hydrogen) atoms. The van der Waals surface area contributed by atoms with Gasteiger partial charge in [0.15, 0.2) is 4.80 Å². The van der Waals surface area contributed by atoms with E-state index in [4.69, 9.17) is 0 Å². The highest BCUT2D eigenvalue weighted by Gasteiger charge is 2.08. The molecular formula is C12H10N2OS. The fourth-order valence-electron chi connectivity index (χ4n) is 1.77. The van der Waals surface area contributed by atoms with Crippen LogP contribution in [0.25, 0.3) is 6.08 Å². The fraction of sp³-hybridized carbons (Fsp3) is 0.167. The van der Waals surface area contributed by atoms with Crippen molar-refractivity contribution in [2.24, 2.45) is 4.99 Å². The van der Waals surface area contributed by atoms with Crippen LogP contribution in [0.5, 0.6) is 0 Å². The Kier molecular flexibility index (Phi) is 2.22. The molecule has 1 aromatic carbocycles. The average Bonchev–Trinajstić information content (AvgIpc) is 2.86. The van der Waals surface area contributed by atoms with Crippen molar-refractivity contribution < 1.29 is 0 Å². The molecule has 2 heterocycles. The topological polar surface area (TPSA) is 34.4 Å². The maximum Gasteiger partial charge on any atom is 0.270 e. The van der Waals surface area contributed by atoms with Crippen molar-refractivity contribution in [2.75, 3.05) is 6.54 Å². The largest absolute Gasteiger partial charge is 0.282 e. The maximum atomic E-state index is 11.9. The summed E-state index contributed by atoms with van der Waals surface area (Å²) in [6.45, 7) is 1.47. The van der Waals surface area contributed by atoms with Gasteiger partial charge in [0.25, 0.3) is 5.56 Å². The van der Waals surface area contributed by atoms with Crippen LogP contribution in [0.4, 0.5) is 0 Å². The number of nitrogens with zero attached hydrogens (tertiary/aromatic N) is 2. The van der Waals surface area contributed by atoms with Crippen molar-refractivity contribution in [2.45, 2.75) is 6.54 Å². The van der Waals surface area contributed by atoms with Crippen molar-refractivity contribution in [1.29, 1.82) is 0 Å². The molecule has 0 spiro atoms. The number of aromatic nitrogens is 1. The van der Waals surface area contributed by atoms with Crippen LogP contribution in [0, 0.1) is 0 Å². The number of hydrogen-bond acceptors (Lipinski definition) is 3. The van der Waals surface area contributed by atoms with Crippen LogP contribution in [0.1, 0.15) is 5.56 Å². The molecule has 0 aliphatic carbocycles. The highest BCUT2D eigenvalue weighted by atomic mass is 32.1. The summed E-state index contributed by atoms with van der Waals surface area (Å²) in [6, 6.07) is 9.89. The molecule has 0 saturated heterocycles. The van der Waals surface area contributed by atoms with Crippen LogP contribution < -0.4 is 14.9 Å². The number of thiazole rings is 1. The molecule has 2 aromatic rings. The lowest BCUT2D eigenvalue weighted by molar-refractivity contribution is 0.740. The van der Waals surface area contributed by atoms with Crippen molar-refractivity contribution in [3.8, 4) is 0 Å². The predicted octanol–water partition coefficient (Wildman–Crippen LogP) is 0.372. The van der Waals surface area contributed by atoms with Crippen LogP contribution in [0.2, 0.25) is 0 Å². The van der Waals surface area contributed by atoms with E-state index < -0.39 is 0 Å². The Hall–Kier alpha value is -1.68. The summed E-state index contributed by atoms with van der Waals surface area (Å²) in [5.41, 5.74) is 1.14. The van der Waals surface area contributed by atoms with Crippen LogP contribution >= 0.6 is 11.3 Å². The second-order valence-electron chi connectivity index (χ2n) is 3.64. The van der Waals surface area contributed by atoms with Gasteiger partial charge in [0.05, 0.1) is 11.1 Å². The molecule has 0 atom stereocenters. The lowest BCUT2D eigenvalue weighted by Gasteiger charge is -1.89. The SMILES string of the molecule is O=c1/c(=C/c2ccccc2)sc2n1CCN=2. The first kappa shape index (κ1) is 9.54. The Morgan fingerprint density at radius 3 is 2.88 bits per heavy atom. The summed E-state index contributed by atoms with van der Waals surface area (Å²) in [6.07, 6.45) is 1.92. The lowest BCUT2D eigenvalue weighted by atomic mass is 10.2. The molecule has 3 rings (SSSR count). The molecule has 0 N–H and O–H groups in total. The number of benzene rings is 1. The maximum absolute atomic E-state index is 11.9. The molecule has 0 radical (unpaired) electrons. The van der Waals surface area contributed by atoms with Gasteiger partial charge >= 0.3 is 0 Å². The Morgan fingerprint density at radius 2 is 2.12 bits per heavy atom. The smallest absolute Gasteiger partial charge is 0.270 e. The Labute approximate surface area is 96.0 Å². The summed E-state index contributed by atoms with van der Waals surface area (Å²) < 4.78 is 2.52. The van der Waals surface area contributed by atoms with E-state index in [1.807, 2.05) is 36.4 Å². The van der Waals surface area contributed by atoms with Crippen molar-refractivity contribution in [3.63, 3.8) is 0 Å². The van der Waals surface area contributed by atoms with Crippen molar-refractivity contribution >= 4 is 17.4 Å². The highest BCUT2D eigenvalue weighted by Crippen LogP contribution is 1.98. The standard InChI is InChI=1S/C12H10N2OS/c15-11-10(8-9-4-2-1-3-5-9)16-12-13-6-7-14(11)12/h1-5,8H,6-7H2/b10-8-. The van der Waals surface area contributed by atoms with E-state index >= 15 is 0 Å². The van der Waals surface area contributed by atoms with Crippen LogP contribution in [-0.4, -0.2) is 11.1 Å². The summed E-state index contributed by atoms with van der Waals surface area (Å²) in [7, 11) is 0. The summed E-state index contributed by atoms with van der Waals surface area (Å²) >= 11 is 1.47. The minimum atomic E-state index is 0.0881. The summed E-state index contributed by atoms with van der Waals surface area (Å²) in [5.74, 6) is 0. The minimum absolute atomic E-state index is 0.0881. The first-order valence-corrected chi connectivity index (χ1v) is 5.97. The van der Waals surface area contributed by atoms with Crippen LogP contribution in [-0.2, 0) is 6.54 Å².